The molecule has 0 spiro atoms. The van der Waals surface area contributed by atoms with Gasteiger partial charge in [-0.2, -0.15) is 0 Å². The SMILES string of the molecule is CC(C)C(=O)N(C[C@H]1CN(Cc2ccccc2[N+](=O)[O-])C[C@@H]1c1ccccc1)C1CCCCC1. The molecule has 1 amide bonds. The molecule has 0 bridgehead atoms. The van der Waals surface area contributed by atoms with E-state index < -0.39 is 0 Å². The summed E-state index contributed by atoms with van der Waals surface area (Å²) < 4.78 is 0. The van der Waals surface area contributed by atoms with Gasteiger partial charge in [0.2, 0.25) is 5.91 Å². The summed E-state index contributed by atoms with van der Waals surface area (Å²) in [6.45, 7) is 6.99. The van der Waals surface area contributed by atoms with Gasteiger partial charge in [-0.1, -0.05) is 81.6 Å². The van der Waals surface area contributed by atoms with Gasteiger partial charge in [-0.3, -0.25) is 19.8 Å². The molecule has 1 saturated carbocycles. The van der Waals surface area contributed by atoms with Crippen LogP contribution in [0.3, 0.4) is 0 Å². The maximum atomic E-state index is 13.3. The summed E-state index contributed by atoms with van der Waals surface area (Å²) in [6.07, 6.45) is 5.86. The Balaban J connectivity index is 1.58. The third-order valence-corrected chi connectivity index (χ3v) is 7.55. The first kappa shape index (κ1) is 24.4. The van der Waals surface area contributed by atoms with Crippen LogP contribution < -0.4 is 0 Å². The summed E-state index contributed by atoms with van der Waals surface area (Å²) in [4.78, 5) is 29.1. The molecule has 2 atom stereocenters. The summed E-state index contributed by atoms with van der Waals surface area (Å²) in [7, 11) is 0. The van der Waals surface area contributed by atoms with Crippen molar-refractivity contribution < 1.29 is 9.72 Å². The zero-order valence-electron chi connectivity index (χ0n) is 20.4. The molecule has 182 valence electrons. The number of amides is 1. The van der Waals surface area contributed by atoms with E-state index in [2.05, 4.69) is 34.1 Å². The van der Waals surface area contributed by atoms with Crippen LogP contribution in [0.5, 0.6) is 0 Å². The van der Waals surface area contributed by atoms with E-state index in [0.717, 1.165) is 38.0 Å². The number of likely N-dealkylation sites (tertiary alicyclic amines) is 1. The number of hydrogen-bond acceptors (Lipinski definition) is 4. The molecule has 2 aliphatic rings. The molecule has 1 heterocycles. The minimum Gasteiger partial charge on any atom is -0.339 e. The van der Waals surface area contributed by atoms with Crippen LogP contribution in [0.1, 0.15) is 63.0 Å². The van der Waals surface area contributed by atoms with Gasteiger partial charge in [-0.05, 0) is 24.3 Å². The van der Waals surface area contributed by atoms with Gasteiger partial charge in [-0.15, -0.1) is 0 Å². The normalized spacial score (nSPS) is 21.6. The smallest absolute Gasteiger partial charge is 0.273 e. The third kappa shape index (κ3) is 5.66. The fourth-order valence-corrected chi connectivity index (χ4v) is 5.81. The fourth-order valence-electron chi connectivity index (χ4n) is 5.81. The first-order chi connectivity index (χ1) is 16.4. The van der Waals surface area contributed by atoms with Gasteiger partial charge >= 0.3 is 0 Å². The molecule has 0 radical (unpaired) electrons. The summed E-state index contributed by atoms with van der Waals surface area (Å²) in [5, 5.41) is 11.5. The van der Waals surface area contributed by atoms with Crippen molar-refractivity contribution in [3.8, 4) is 0 Å². The number of hydrogen-bond donors (Lipinski definition) is 0. The Labute approximate surface area is 203 Å². The van der Waals surface area contributed by atoms with Crippen molar-refractivity contribution in [3.05, 3.63) is 75.8 Å². The Morgan fingerprint density at radius 3 is 2.38 bits per heavy atom. The Bertz CT molecular complexity index is 972. The molecule has 6 nitrogen and oxygen atoms in total. The van der Waals surface area contributed by atoms with Crippen molar-refractivity contribution in [2.45, 2.75) is 64.5 Å². The number of nitro groups is 1. The lowest BCUT2D eigenvalue weighted by atomic mass is 9.86. The van der Waals surface area contributed by atoms with E-state index in [9.17, 15) is 14.9 Å². The minimum atomic E-state index is -0.288. The predicted octanol–water partition coefficient (Wildman–Crippen LogP) is 5.63. The van der Waals surface area contributed by atoms with Crippen LogP contribution in [0, 0.1) is 22.0 Å². The van der Waals surface area contributed by atoms with Crippen molar-refractivity contribution in [1.82, 2.24) is 9.80 Å². The summed E-state index contributed by atoms with van der Waals surface area (Å²) in [5.74, 6) is 0.849. The molecule has 34 heavy (non-hydrogen) atoms. The highest BCUT2D eigenvalue weighted by Gasteiger charge is 2.38. The van der Waals surface area contributed by atoms with E-state index in [1.807, 2.05) is 32.0 Å². The lowest BCUT2D eigenvalue weighted by molar-refractivity contribution is -0.385. The molecule has 2 aromatic rings. The predicted molar refractivity (Wildman–Crippen MR) is 134 cm³/mol. The number of benzene rings is 2. The van der Waals surface area contributed by atoms with Crippen LogP contribution in [0.25, 0.3) is 0 Å². The summed E-state index contributed by atoms with van der Waals surface area (Å²) >= 11 is 0. The van der Waals surface area contributed by atoms with Crippen molar-refractivity contribution in [1.29, 1.82) is 0 Å². The quantitative estimate of drug-likeness (QED) is 0.376. The molecule has 6 heteroatoms. The zero-order chi connectivity index (χ0) is 24.1. The lowest BCUT2D eigenvalue weighted by Gasteiger charge is -2.38. The Kier molecular flexibility index (Phi) is 7.99. The standard InChI is InChI=1S/C28H37N3O3/c1-21(2)28(32)30(25-14-7-4-8-15-25)19-24-18-29(20-26(24)22-11-5-3-6-12-22)17-23-13-9-10-16-27(23)31(33)34/h3,5-6,9-13,16,21,24-26H,4,7-8,14-15,17-20H2,1-2H3/t24-,26-/m1/s1. The average molecular weight is 464 g/mol. The van der Waals surface area contributed by atoms with Crippen LogP contribution in [0.2, 0.25) is 0 Å². The second-order valence-electron chi connectivity index (χ2n) is 10.3. The van der Waals surface area contributed by atoms with E-state index in [4.69, 9.17) is 0 Å². The highest BCUT2D eigenvalue weighted by Crippen LogP contribution is 2.36. The van der Waals surface area contributed by atoms with Crippen molar-refractivity contribution in [3.63, 3.8) is 0 Å². The van der Waals surface area contributed by atoms with Crippen LogP contribution in [0.15, 0.2) is 54.6 Å². The van der Waals surface area contributed by atoms with Gasteiger partial charge in [0.15, 0.2) is 0 Å². The van der Waals surface area contributed by atoms with Crippen LogP contribution in [-0.2, 0) is 11.3 Å². The molecular formula is C28H37N3O3. The molecule has 1 aliphatic carbocycles. The second kappa shape index (κ2) is 11.1. The van der Waals surface area contributed by atoms with Gasteiger partial charge in [-0.25, -0.2) is 0 Å². The number of carbonyl (C=O) groups excluding carboxylic acids is 1. The summed E-state index contributed by atoms with van der Waals surface area (Å²) in [5.41, 5.74) is 2.22. The molecule has 2 aromatic carbocycles. The fraction of sp³-hybridized carbons (Fsp3) is 0.536. The number of para-hydroxylation sites is 1. The molecule has 1 saturated heterocycles. The molecule has 4 rings (SSSR count). The number of carbonyl (C=O) groups is 1. The number of nitro benzene ring substituents is 1. The second-order valence-corrected chi connectivity index (χ2v) is 10.3. The third-order valence-electron chi connectivity index (χ3n) is 7.55. The minimum absolute atomic E-state index is 0.0124. The van der Waals surface area contributed by atoms with Crippen LogP contribution in [-0.4, -0.2) is 46.3 Å². The maximum Gasteiger partial charge on any atom is 0.273 e. The number of nitrogens with zero attached hydrogens (tertiary/aromatic N) is 3. The van der Waals surface area contributed by atoms with Gasteiger partial charge in [0, 0.05) is 55.7 Å². The Morgan fingerprint density at radius 1 is 1.03 bits per heavy atom. The van der Waals surface area contributed by atoms with Gasteiger partial charge < -0.3 is 4.90 Å². The highest BCUT2D eigenvalue weighted by atomic mass is 16.6. The first-order valence-corrected chi connectivity index (χ1v) is 12.7. The first-order valence-electron chi connectivity index (χ1n) is 12.7. The van der Waals surface area contributed by atoms with Crippen LogP contribution in [0.4, 0.5) is 5.69 Å². The van der Waals surface area contributed by atoms with Gasteiger partial charge in [0.1, 0.15) is 0 Å². The molecule has 0 unspecified atom stereocenters. The van der Waals surface area contributed by atoms with E-state index >= 15 is 0 Å². The van der Waals surface area contributed by atoms with E-state index in [-0.39, 0.29) is 22.4 Å². The molecule has 0 aromatic heterocycles. The molecule has 2 fully saturated rings. The maximum absolute atomic E-state index is 13.3. The number of rotatable bonds is 8. The highest BCUT2D eigenvalue weighted by molar-refractivity contribution is 5.78. The van der Waals surface area contributed by atoms with E-state index in [1.165, 1.54) is 24.8 Å². The Morgan fingerprint density at radius 2 is 1.71 bits per heavy atom. The zero-order valence-corrected chi connectivity index (χ0v) is 20.4. The summed E-state index contributed by atoms with van der Waals surface area (Å²) in [6, 6.07) is 17.9. The van der Waals surface area contributed by atoms with Gasteiger partial charge in [0.25, 0.3) is 5.69 Å². The lowest BCUT2D eigenvalue weighted by Crippen LogP contribution is -2.47. The van der Waals surface area contributed by atoms with Crippen molar-refractivity contribution >= 4 is 11.6 Å². The molecule has 0 N–H and O–H groups in total. The monoisotopic (exact) mass is 463 g/mol. The molecule has 1 aliphatic heterocycles. The van der Waals surface area contributed by atoms with Crippen molar-refractivity contribution in [2.75, 3.05) is 19.6 Å². The average Bonchev–Trinajstić information content (AvgIpc) is 3.25. The van der Waals surface area contributed by atoms with E-state index in [1.54, 1.807) is 12.1 Å². The van der Waals surface area contributed by atoms with E-state index in [0.29, 0.717) is 24.4 Å². The Hall–Kier alpha value is -2.73. The van der Waals surface area contributed by atoms with Gasteiger partial charge in [0.05, 0.1) is 4.92 Å². The van der Waals surface area contributed by atoms with Crippen LogP contribution >= 0.6 is 0 Å². The topological polar surface area (TPSA) is 66.7 Å². The largest absolute Gasteiger partial charge is 0.339 e. The van der Waals surface area contributed by atoms with Crippen molar-refractivity contribution in [2.24, 2.45) is 11.8 Å². The molecular weight excluding hydrogens is 426 g/mol.